The highest BCUT2D eigenvalue weighted by Gasteiger charge is 2.33. The van der Waals surface area contributed by atoms with Crippen LogP contribution in [0.25, 0.3) is 0 Å². The standard InChI is InChI=1S/C16H25NOS/c1-4-17-14-10-9-12(2)11-16(14)19(18)15-8-6-5-7-13(15)3/h5-8,12,14,16-17H,4,9-11H2,1-3H3. The van der Waals surface area contributed by atoms with E-state index in [1.807, 2.05) is 18.2 Å². The quantitative estimate of drug-likeness (QED) is 0.916. The minimum atomic E-state index is -0.896. The van der Waals surface area contributed by atoms with Crippen LogP contribution >= 0.6 is 0 Å². The summed E-state index contributed by atoms with van der Waals surface area (Å²) in [5.41, 5.74) is 1.15. The topological polar surface area (TPSA) is 29.1 Å². The molecule has 4 atom stereocenters. The molecule has 19 heavy (non-hydrogen) atoms. The molecule has 0 spiro atoms. The van der Waals surface area contributed by atoms with Gasteiger partial charge in [0.2, 0.25) is 0 Å². The fraction of sp³-hybridized carbons (Fsp3) is 0.625. The highest BCUT2D eigenvalue weighted by atomic mass is 32.2. The van der Waals surface area contributed by atoms with Crippen molar-refractivity contribution < 1.29 is 4.21 Å². The van der Waals surface area contributed by atoms with Gasteiger partial charge in [-0.3, -0.25) is 4.21 Å². The summed E-state index contributed by atoms with van der Waals surface area (Å²) < 4.78 is 12.9. The van der Waals surface area contributed by atoms with Crippen molar-refractivity contribution in [1.82, 2.24) is 5.32 Å². The summed E-state index contributed by atoms with van der Waals surface area (Å²) in [6.07, 6.45) is 3.47. The van der Waals surface area contributed by atoms with Gasteiger partial charge in [-0.2, -0.15) is 0 Å². The maximum Gasteiger partial charge on any atom is 0.0579 e. The van der Waals surface area contributed by atoms with Gasteiger partial charge in [-0.25, -0.2) is 0 Å². The van der Waals surface area contributed by atoms with Crippen molar-refractivity contribution in [3.63, 3.8) is 0 Å². The van der Waals surface area contributed by atoms with E-state index < -0.39 is 10.8 Å². The van der Waals surface area contributed by atoms with E-state index in [1.54, 1.807) is 0 Å². The molecule has 3 heteroatoms. The van der Waals surface area contributed by atoms with Crippen LogP contribution in [0.15, 0.2) is 29.2 Å². The Hall–Kier alpha value is -0.670. The van der Waals surface area contributed by atoms with E-state index in [-0.39, 0.29) is 5.25 Å². The largest absolute Gasteiger partial charge is 0.313 e. The first kappa shape index (κ1) is 14.7. The average Bonchev–Trinajstić information content (AvgIpc) is 2.41. The van der Waals surface area contributed by atoms with Gasteiger partial charge in [0, 0.05) is 10.9 Å². The smallest absolute Gasteiger partial charge is 0.0579 e. The lowest BCUT2D eigenvalue weighted by Gasteiger charge is -2.35. The summed E-state index contributed by atoms with van der Waals surface area (Å²) in [6.45, 7) is 7.43. The number of hydrogen-bond acceptors (Lipinski definition) is 2. The molecule has 0 aromatic heterocycles. The molecule has 1 aliphatic carbocycles. The summed E-state index contributed by atoms with van der Waals surface area (Å²) in [7, 11) is -0.896. The van der Waals surface area contributed by atoms with Crippen LogP contribution in [0.2, 0.25) is 0 Å². The molecule has 1 N–H and O–H groups in total. The summed E-state index contributed by atoms with van der Waals surface area (Å²) in [5.74, 6) is 0.688. The van der Waals surface area contributed by atoms with Crippen molar-refractivity contribution in [3.8, 4) is 0 Å². The first-order valence-electron chi connectivity index (χ1n) is 7.33. The summed E-state index contributed by atoms with van der Waals surface area (Å²) >= 11 is 0. The van der Waals surface area contributed by atoms with Gasteiger partial charge in [-0.1, -0.05) is 32.0 Å². The van der Waals surface area contributed by atoms with Gasteiger partial charge < -0.3 is 5.32 Å². The molecule has 106 valence electrons. The molecule has 0 radical (unpaired) electrons. The second-order valence-electron chi connectivity index (χ2n) is 5.68. The zero-order valence-electron chi connectivity index (χ0n) is 12.2. The summed E-state index contributed by atoms with van der Waals surface area (Å²) in [6, 6.07) is 8.49. The van der Waals surface area contributed by atoms with Crippen molar-refractivity contribution in [2.75, 3.05) is 6.54 Å². The van der Waals surface area contributed by atoms with E-state index >= 15 is 0 Å². The zero-order chi connectivity index (χ0) is 13.8. The van der Waals surface area contributed by atoms with Gasteiger partial charge in [0.1, 0.15) is 0 Å². The molecule has 2 rings (SSSR count). The SMILES string of the molecule is CCNC1CCC(C)CC1S(=O)c1ccccc1C. The van der Waals surface area contributed by atoms with Crippen LogP contribution in [0.5, 0.6) is 0 Å². The Morgan fingerprint density at radius 2 is 2.05 bits per heavy atom. The Bertz CT molecular complexity index is 446. The minimum Gasteiger partial charge on any atom is -0.313 e. The van der Waals surface area contributed by atoms with Crippen LogP contribution in [0.3, 0.4) is 0 Å². The van der Waals surface area contributed by atoms with Crippen molar-refractivity contribution in [2.45, 2.75) is 56.2 Å². The van der Waals surface area contributed by atoms with Crippen LogP contribution in [-0.2, 0) is 10.8 Å². The Morgan fingerprint density at radius 3 is 2.74 bits per heavy atom. The molecule has 0 amide bonds. The second kappa shape index (κ2) is 6.67. The maximum absolute atomic E-state index is 12.9. The van der Waals surface area contributed by atoms with Crippen molar-refractivity contribution in [2.24, 2.45) is 5.92 Å². The predicted molar refractivity (Wildman–Crippen MR) is 81.9 cm³/mol. The third-order valence-electron chi connectivity index (χ3n) is 4.11. The van der Waals surface area contributed by atoms with Crippen LogP contribution in [0, 0.1) is 12.8 Å². The molecule has 1 aliphatic rings. The van der Waals surface area contributed by atoms with Gasteiger partial charge in [-0.15, -0.1) is 0 Å². The highest BCUT2D eigenvalue weighted by molar-refractivity contribution is 7.85. The summed E-state index contributed by atoms with van der Waals surface area (Å²) in [4.78, 5) is 1.02. The maximum atomic E-state index is 12.9. The van der Waals surface area contributed by atoms with Crippen molar-refractivity contribution >= 4 is 10.8 Å². The summed E-state index contributed by atoms with van der Waals surface area (Å²) in [5, 5.41) is 3.79. The zero-order valence-corrected chi connectivity index (χ0v) is 13.0. The van der Waals surface area contributed by atoms with Crippen LogP contribution in [0.4, 0.5) is 0 Å². The van der Waals surface area contributed by atoms with Crippen LogP contribution in [-0.4, -0.2) is 22.0 Å². The molecular formula is C16H25NOS. The second-order valence-corrected chi connectivity index (χ2v) is 7.32. The molecule has 2 nitrogen and oxygen atoms in total. The third kappa shape index (κ3) is 3.46. The predicted octanol–water partition coefficient (Wildman–Crippen LogP) is 3.27. The normalized spacial score (nSPS) is 29.1. The monoisotopic (exact) mass is 279 g/mol. The fourth-order valence-corrected chi connectivity index (χ4v) is 4.96. The lowest BCUT2D eigenvalue weighted by Crippen LogP contribution is -2.46. The average molecular weight is 279 g/mol. The Morgan fingerprint density at radius 1 is 1.32 bits per heavy atom. The number of nitrogens with one attached hydrogen (secondary N) is 1. The fourth-order valence-electron chi connectivity index (χ4n) is 3.01. The Labute approximate surface area is 119 Å². The van der Waals surface area contributed by atoms with Crippen molar-refractivity contribution in [3.05, 3.63) is 29.8 Å². The van der Waals surface area contributed by atoms with Crippen molar-refractivity contribution in [1.29, 1.82) is 0 Å². The van der Waals surface area contributed by atoms with E-state index in [0.29, 0.717) is 12.0 Å². The van der Waals surface area contributed by atoms with E-state index in [1.165, 1.54) is 6.42 Å². The van der Waals surface area contributed by atoms with Crippen LogP contribution in [0.1, 0.15) is 38.7 Å². The third-order valence-corrected chi connectivity index (χ3v) is 6.07. The minimum absolute atomic E-state index is 0.254. The molecule has 1 fully saturated rings. The van der Waals surface area contributed by atoms with Gasteiger partial charge in [-0.05, 0) is 50.3 Å². The molecule has 1 aromatic carbocycles. The van der Waals surface area contributed by atoms with Gasteiger partial charge in [0.25, 0.3) is 0 Å². The van der Waals surface area contributed by atoms with E-state index in [2.05, 4.69) is 32.2 Å². The molecule has 1 aromatic rings. The van der Waals surface area contributed by atoms with E-state index in [9.17, 15) is 4.21 Å². The molecule has 1 saturated carbocycles. The molecule has 0 aliphatic heterocycles. The highest BCUT2D eigenvalue weighted by Crippen LogP contribution is 2.31. The lowest BCUT2D eigenvalue weighted by atomic mass is 9.87. The van der Waals surface area contributed by atoms with Gasteiger partial charge >= 0.3 is 0 Å². The van der Waals surface area contributed by atoms with E-state index in [0.717, 1.165) is 29.8 Å². The first-order chi connectivity index (χ1) is 9.13. The lowest BCUT2D eigenvalue weighted by molar-refractivity contribution is 0.316. The molecule has 0 bridgehead atoms. The number of rotatable bonds is 4. The van der Waals surface area contributed by atoms with Gasteiger partial charge in [0.15, 0.2) is 0 Å². The number of hydrogen-bond donors (Lipinski definition) is 1. The Kier molecular flexibility index (Phi) is 5.17. The molecular weight excluding hydrogens is 254 g/mol. The molecule has 0 saturated heterocycles. The Balaban J connectivity index is 2.21. The number of benzene rings is 1. The molecule has 4 unspecified atom stereocenters. The molecule has 0 heterocycles. The van der Waals surface area contributed by atoms with Crippen LogP contribution < -0.4 is 5.32 Å². The van der Waals surface area contributed by atoms with E-state index in [4.69, 9.17) is 0 Å². The first-order valence-corrected chi connectivity index (χ1v) is 8.54. The van der Waals surface area contributed by atoms with Gasteiger partial charge in [0.05, 0.1) is 16.0 Å². The number of aryl methyl sites for hydroxylation is 1.